The van der Waals surface area contributed by atoms with Crippen molar-refractivity contribution in [1.82, 2.24) is 5.32 Å². The van der Waals surface area contributed by atoms with Crippen LogP contribution in [0.15, 0.2) is 18.2 Å². The molecule has 1 aromatic carbocycles. The molecular formula is C19H25NO5S. The van der Waals surface area contributed by atoms with Crippen molar-refractivity contribution in [3.05, 3.63) is 23.8 Å². The maximum atomic E-state index is 12.7. The van der Waals surface area contributed by atoms with E-state index >= 15 is 0 Å². The van der Waals surface area contributed by atoms with Gasteiger partial charge in [-0.1, -0.05) is 0 Å². The first-order chi connectivity index (χ1) is 12.5. The van der Waals surface area contributed by atoms with E-state index in [1.807, 2.05) is 0 Å². The Morgan fingerprint density at radius 1 is 1.19 bits per heavy atom. The van der Waals surface area contributed by atoms with Crippen LogP contribution >= 0.6 is 11.8 Å². The smallest absolute Gasteiger partial charge is 0.329 e. The predicted octanol–water partition coefficient (Wildman–Crippen LogP) is 3.10. The Morgan fingerprint density at radius 3 is 2.50 bits per heavy atom. The van der Waals surface area contributed by atoms with Gasteiger partial charge in [0.2, 0.25) is 0 Å². The van der Waals surface area contributed by atoms with E-state index in [9.17, 15) is 14.7 Å². The Labute approximate surface area is 157 Å². The highest BCUT2D eigenvalue weighted by Gasteiger charge is 2.41. The number of carbonyl (C=O) groups excluding carboxylic acids is 1. The summed E-state index contributed by atoms with van der Waals surface area (Å²) < 4.78 is 11.4. The average molecular weight is 379 g/mol. The second-order valence-corrected chi connectivity index (χ2v) is 8.07. The van der Waals surface area contributed by atoms with E-state index in [1.165, 1.54) is 20.0 Å². The number of hydrogen-bond acceptors (Lipinski definition) is 5. The summed E-state index contributed by atoms with van der Waals surface area (Å²) in [7, 11) is 1.54. The molecule has 0 aromatic heterocycles. The topological polar surface area (TPSA) is 84.9 Å². The summed E-state index contributed by atoms with van der Waals surface area (Å²) >= 11 is 1.71. The number of aliphatic carboxylic acids is 1. The molecule has 3 rings (SSSR count). The zero-order valence-corrected chi connectivity index (χ0v) is 15.8. The van der Waals surface area contributed by atoms with Crippen LogP contribution in [-0.2, 0) is 4.79 Å². The van der Waals surface area contributed by atoms with E-state index in [4.69, 9.17) is 9.47 Å². The Bertz CT molecular complexity index is 666. The fourth-order valence-electron chi connectivity index (χ4n) is 3.49. The molecular weight excluding hydrogens is 354 g/mol. The summed E-state index contributed by atoms with van der Waals surface area (Å²) in [5.41, 5.74) is -0.811. The third-order valence-corrected chi connectivity index (χ3v) is 6.12. The van der Waals surface area contributed by atoms with Gasteiger partial charge in [-0.05, 0) is 68.2 Å². The molecule has 142 valence electrons. The van der Waals surface area contributed by atoms with Crippen molar-refractivity contribution in [3.63, 3.8) is 0 Å². The molecule has 6 nitrogen and oxygen atoms in total. The molecule has 1 aromatic rings. The summed E-state index contributed by atoms with van der Waals surface area (Å²) in [6.45, 7) is 0. The normalized spacial score (nSPS) is 19.7. The van der Waals surface area contributed by atoms with Crippen LogP contribution in [-0.4, -0.2) is 47.2 Å². The van der Waals surface area contributed by atoms with Crippen LogP contribution < -0.4 is 14.8 Å². The quantitative estimate of drug-likeness (QED) is 0.790. The van der Waals surface area contributed by atoms with Crippen molar-refractivity contribution < 1.29 is 24.2 Å². The van der Waals surface area contributed by atoms with Gasteiger partial charge in [0.05, 0.1) is 13.2 Å². The zero-order chi connectivity index (χ0) is 18.6. The average Bonchev–Trinajstić information content (AvgIpc) is 3.15. The Kier molecular flexibility index (Phi) is 5.96. The number of thioether (sulfide) groups is 1. The number of methoxy groups -OCH3 is 1. The fraction of sp³-hybridized carbons (Fsp3) is 0.579. The van der Waals surface area contributed by atoms with E-state index in [1.54, 1.807) is 30.0 Å². The summed E-state index contributed by atoms with van der Waals surface area (Å²) in [6.07, 6.45) is 5.46. The zero-order valence-electron chi connectivity index (χ0n) is 15.0. The molecule has 0 unspecified atom stereocenters. The molecule has 2 fully saturated rings. The Balaban J connectivity index is 1.75. The minimum Gasteiger partial charge on any atom is -0.493 e. The Morgan fingerprint density at radius 2 is 1.88 bits per heavy atom. The molecule has 1 saturated heterocycles. The number of rotatable bonds is 6. The van der Waals surface area contributed by atoms with Crippen molar-refractivity contribution >= 4 is 23.6 Å². The highest BCUT2D eigenvalue weighted by Crippen LogP contribution is 2.33. The number of benzene rings is 1. The van der Waals surface area contributed by atoms with Gasteiger partial charge < -0.3 is 19.9 Å². The molecule has 26 heavy (non-hydrogen) atoms. The number of ether oxygens (including phenoxy) is 2. The maximum Gasteiger partial charge on any atom is 0.329 e. The molecule has 0 radical (unpaired) electrons. The van der Waals surface area contributed by atoms with Crippen LogP contribution in [0.3, 0.4) is 0 Å². The van der Waals surface area contributed by atoms with E-state index in [0.717, 1.165) is 24.3 Å². The molecule has 1 aliphatic heterocycles. The molecule has 0 bridgehead atoms. The fourth-order valence-corrected chi connectivity index (χ4v) is 4.68. The van der Waals surface area contributed by atoms with Gasteiger partial charge >= 0.3 is 5.97 Å². The van der Waals surface area contributed by atoms with Crippen molar-refractivity contribution in [3.8, 4) is 11.5 Å². The van der Waals surface area contributed by atoms with Gasteiger partial charge in [-0.2, -0.15) is 11.8 Å². The van der Waals surface area contributed by atoms with Crippen molar-refractivity contribution in [2.75, 3.05) is 18.6 Å². The third-order valence-electron chi connectivity index (χ3n) is 5.13. The highest BCUT2D eigenvalue weighted by atomic mass is 32.2. The lowest BCUT2D eigenvalue weighted by Crippen LogP contribution is -2.56. The lowest BCUT2D eigenvalue weighted by Gasteiger charge is -2.33. The molecule has 7 heteroatoms. The first-order valence-electron chi connectivity index (χ1n) is 9.02. The van der Waals surface area contributed by atoms with Gasteiger partial charge in [-0.15, -0.1) is 0 Å². The Hall–Kier alpha value is -1.89. The lowest BCUT2D eigenvalue weighted by atomic mass is 9.92. The van der Waals surface area contributed by atoms with Crippen LogP contribution in [0, 0.1) is 0 Å². The second kappa shape index (κ2) is 8.20. The summed E-state index contributed by atoms with van der Waals surface area (Å²) in [4.78, 5) is 24.4. The minimum atomic E-state index is -1.19. The number of carbonyl (C=O) groups is 2. The van der Waals surface area contributed by atoms with Gasteiger partial charge in [0.1, 0.15) is 5.54 Å². The van der Waals surface area contributed by atoms with Crippen molar-refractivity contribution in [1.29, 1.82) is 0 Å². The number of nitrogens with one attached hydrogen (secondary N) is 1. The summed E-state index contributed by atoms with van der Waals surface area (Å²) in [6, 6.07) is 5.01. The van der Waals surface area contributed by atoms with Crippen LogP contribution in [0.25, 0.3) is 0 Å². The standard InChI is InChI=1S/C19H25NO5S/c1-24-16-12-13(6-7-15(16)25-14-4-2-3-5-14)17(21)20-19(18(22)23)8-10-26-11-9-19/h6-7,12,14H,2-5,8-11H2,1H3,(H,20,21)(H,22,23). The van der Waals surface area contributed by atoms with E-state index in [-0.39, 0.29) is 6.10 Å². The van der Waals surface area contributed by atoms with Crippen molar-refractivity contribution in [2.45, 2.75) is 50.2 Å². The predicted molar refractivity (Wildman–Crippen MR) is 100 cm³/mol. The van der Waals surface area contributed by atoms with Crippen LogP contribution in [0.4, 0.5) is 0 Å². The third kappa shape index (κ3) is 4.09. The van der Waals surface area contributed by atoms with Crippen LogP contribution in [0.5, 0.6) is 11.5 Å². The number of carboxylic acids is 1. The molecule has 2 N–H and O–H groups in total. The molecule has 0 spiro atoms. The van der Waals surface area contributed by atoms with E-state index in [0.29, 0.717) is 29.9 Å². The molecule has 1 saturated carbocycles. The largest absolute Gasteiger partial charge is 0.493 e. The molecule has 0 atom stereocenters. The maximum absolute atomic E-state index is 12.7. The molecule has 1 amide bonds. The molecule has 1 heterocycles. The first kappa shape index (κ1) is 18.9. The first-order valence-corrected chi connectivity index (χ1v) is 10.2. The highest BCUT2D eigenvalue weighted by molar-refractivity contribution is 7.99. The van der Waals surface area contributed by atoms with E-state index in [2.05, 4.69) is 5.32 Å². The SMILES string of the molecule is COc1cc(C(=O)NC2(C(=O)O)CCSCC2)ccc1OC1CCCC1. The monoisotopic (exact) mass is 379 g/mol. The lowest BCUT2D eigenvalue weighted by molar-refractivity contribution is -0.144. The minimum absolute atomic E-state index is 0.193. The van der Waals surface area contributed by atoms with Gasteiger partial charge in [-0.3, -0.25) is 4.79 Å². The van der Waals surface area contributed by atoms with Gasteiger partial charge in [0.25, 0.3) is 5.91 Å². The summed E-state index contributed by atoms with van der Waals surface area (Å²) in [5, 5.41) is 12.4. The van der Waals surface area contributed by atoms with Gasteiger partial charge in [0, 0.05) is 5.56 Å². The van der Waals surface area contributed by atoms with Crippen LogP contribution in [0.1, 0.15) is 48.9 Å². The van der Waals surface area contributed by atoms with Gasteiger partial charge in [-0.25, -0.2) is 4.79 Å². The number of hydrogen-bond donors (Lipinski definition) is 2. The second-order valence-electron chi connectivity index (χ2n) is 6.84. The van der Waals surface area contributed by atoms with Gasteiger partial charge in [0.15, 0.2) is 11.5 Å². The molecule has 1 aliphatic carbocycles. The van der Waals surface area contributed by atoms with Crippen molar-refractivity contribution in [2.24, 2.45) is 0 Å². The summed E-state index contributed by atoms with van der Waals surface area (Å²) in [5.74, 6) is 1.20. The van der Waals surface area contributed by atoms with Crippen LogP contribution in [0.2, 0.25) is 0 Å². The number of carboxylic acid groups (broad SMARTS) is 1. The number of amides is 1. The van der Waals surface area contributed by atoms with E-state index < -0.39 is 17.4 Å². The molecule has 2 aliphatic rings.